The van der Waals surface area contributed by atoms with Gasteiger partial charge in [-0.15, -0.1) is 0 Å². The van der Waals surface area contributed by atoms with Gasteiger partial charge in [0.15, 0.2) is 0 Å². The first kappa shape index (κ1) is 13.2. The van der Waals surface area contributed by atoms with Crippen LogP contribution in [0.15, 0.2) is 18.2 Å². The van der Waals surface area contributed by atoms with Gasteiger partial charge in [0.05, 0.1) is 22.3 Å². The van der Waals surface area contributed by atoms with Gasteiger partial charge in [0.25, 0.3) is 0 Å². The summed E-state index contributed by atoms with van der Waals surface area (Å²) in [6.07, 6.45) is 3.64. The zero-order chi connectivity index (χ0) is 13.2. The molecule has 1 saturated heterocycles. The van der Waals surface area contributed by atoms with E-state index in [2.05, 4.69) is 24.8 Å². The number of halogens is 1. The van der Waals surface area contributed by atoms with Gasteiger partial charge in [-0.3, -0.25) is 0 Å². The maximum Gasteiger partial charge on any atom is 0.0992 e. The number of anilines is 1. The lowest BCUT2D eigenvalue weighted by Crippen LogP contribution is -2.25. The molecule has 0 aromatic heterocycles. The Hall–Kier alpha value is -1.20. The number of hydrogen-bond donors (Lipinski definition) is 0. The van der Waals surface area contributed by atoms with Crippen LogP contribution in [0.25, 0.3) is 0 Å². The molecule has 1 heterocycles. The van der Waals surface area contributed by atoms with Crippen LogP contribution in [0.3, 0.4) is 0 Å². The highest BCUT2D eigenvalue weighted by atomic mass is 35.5. The van der Waals surface area contributed by atoms with Crippen molar-refractivity contribution in [2.24, 2.45) is 5.41 Å². The maximum atomic E-state index is 8.85. The van der Waals surface area contributed by atoms with E-state index >= 15 is 0 Å². The molecule has 3 heteroatoms. The number of nitrogens with zero attached hydrogens (tertiary/aromatic N) is 2. The average molecular weight is 263 g/mol. The first-order valence-corrected chi connectivity index (χ1v) is 6.84. The minimum atomic E-state index is 0.424. The van der Waals surface area contributed by atoms with Gasteiger partial charge in [-0.2, -0.15) is 5.26 Å². The fourth-order valence-electron chi connectivity index (χ4n) is 2.50. The van der Waals surface area contributed by atoms with E-state index in [9.17, 15) is 0 Å². The quantitative estimate of drug-likeness (QED) is 0.757. The summed E-state index contributed by atoms with van der Waals surface area (Å²) < 4.78 is 0. The van der Waals surface area contributed by atoms with Gasteiger partial charge >= 0.3 is 0 Å². The van der Waals surface area contributed by atoms with Crippen molar-refractivity contribution in [1.29, 1.82) is 5.26 Å². The Labute approximate surface area is 114 Å². The molecule has 1 aliphatic rings. The van der Waals surface area contributed by atoms with E-state index in [0.29, 0.717) is 16.0 Å². The summed E-state index contributed by atoms with van der Waals surface area (Å²) in [6, 6.07) is 7.69. The average Bonchev–Trinajstić information content (AvgIpc) is 2.50. The molecule has 0 spiro atoms. The van der Waals surface area contributed by atoms with E-state index < -0.39 is 0 Å². The number of benzene rings is 1. The third-order valence-corrected chi connectivity index (χ3v) is 4.06. The predicted octanol–water partition coefficient (Wildman–Crippen LogP) is 4.23. The molecule has 0 radical (unpaired) electrons. The Morgan fingerprint density at radius 1 is 1.28 bits per heavy atom. The van der Waals surface area contributed by atoms with Gasteiger partial charge in [0, 0.05) is 13.1 Å². The molecular weight excluding hydrogens is 244 g/mol. The lowest BCUT2D eigenvalue weighted by molar-refractivity contribution is 0.325. The van der Waals surface area contributed by atoms with Gasteiger partial charge in [-0.25, -0.2) is 0 Å². The van der Waals surface area contributed by atoms with Crippen LogP contribution >= 0.6 is 11.6 Å². The molecule has 1 aliphatic heterocycles. The van der Waals surface area contributed by atoms with E-state index in [1.807, 2.05) is 12.1 Å². The molecule has 0 unspecified atom stereocenters. The summed E-state index contributed by atoms with van der Waals surface area (Å²) in [7, 11) is 0. The van der Waals surface area contributed by atoms with Crippen molar-refractivity contribution >= 4 is 17.3 Å². The minimum Gasteiger partial charge on any atom is -0.370 e. The zero-order valence-corrected chi connectivity index (χ0v) is 11.8. The number of rotatable bonds is 1. The van der Waals surface area contributed by atoms with E-state index in [4.69, 9.17) is 16.9 Å². The fraction of sp³-hybridized carbons (Fsp3) is 0.533. The van der Waals surface area contributed by atoms with E-state index in [0.717, 1.165) is 18.8 Å². The Morgan fingerprint density at radius 3 is 2.72 bits per heavy atom. The summed E-state index contributed by atoms with van der Waals surface area (Å²) in [5.41, 5.74) is 2.11. The van der Waals surface area contributed by atoms with Crippen LogP contribution in [0, 0.1) is 16.7 Å². The lowest BCUT2D eigenvalue weighted by atomic mass is 9.85. The molecule has 1 aromatic rings. The van der Waals surface area contributed by atoms with Gasteiger partial charge < -0.3 is 4.90 Å². The maximum absolute atomic E-state index is 8.85. The summed E-state index contributed by atoms with van der Waals surface area (Å²) in [5.74, 6) is 0. The lowest BCUT2D eigenvalue weighted by Gasteiger charge is -2.25. The van der Waals surface area contributed by atoms with E-state index in [1.165, 1.54) is 19.3 Å². The van der Waals surface area contributed by atoms with E-state index in [-0.39, 0.29) is 0 Å². The smallest absolute Gasteiger partial charge is 0.0992 e. The second kappa shape index (κ2) is 5.20. The molecule has 0 N–H and O–H groups in total. The van der Waals surface area contributed by atoms with Gasteiger partial charge in [0.2, 0.25) is 0 Å². The van der Waals surface area contributed by atoms with Crippen molar-refractivity contribution in [1.82, 2.24) is 0 Å². The van der Waals surface area contributed by atoms with Crippen LogP contribution in [0.5, 0.6) is 0 Å². The summed E-state index contributed by atoms with van der Waals surface area (Å²) in [4.78, 5) is 2.35. The van der Waals surface area contributed by atoms with Crippen LogP contribution in [0.1, 0.15) is 38.7 Å². The molecule has 18 heavy (non-hydrogen) atoms. The van der Waals surface area contributed by atoms with Crippen molar-refractivity contribution < 1.29 is 0 Å². The monoisotopic (exact) mass is 262 g/mol. The van der Waals surface area contributed by atoms with Crippen LogP contribution in [0.4, 0.5) is 5.69 Å². The number of nitriles is 1. The Bertz CT molecular complexity index is 474. The number of hydrogen-bond acceptors (Lipinski definition) is 2. The molecule has 96 valence electrons. The summed E-state index contributed by atoms with van der Waals surface area (Å²) in [5, 5.41) is 9.54. The summed E-state index contributed by atoms with van der Waals surface area (Å²) >= 11 is 6.27. The first-order valence-electron chi connectivity index (χ1n) is 6.46. The van der Waals surface area contributed by atoms with Crippen LogP contribution in [0.2, 0.25) is 5.02 Å². The third kappa shape index (κ3) is 2.97. The topological polar surface area (TPSA) is 27.0 Å². The molecule has 2 rings (SSSR count). The van der Waals surface area contributed by atoms with Crippen molar-refractivity contribution in [3.8, 4) is 6.07 Å². The van der Waals surface area contributed by atoms with Crippen LogP contribution in [-0.2, 0) is 0 Å². The van der Waals surface area contributed by atoms with Crippen molar-refractivity contribution in [2.45, 2.75) is 33.1 Å². The second-order valence-electron chi connectivity index (χ2n) is 5.78. The Kier molecular flexibility index (Phi) is 3.82. The normalized spacial score (nSPS) is 19.1. The Morgan fingerprint density at radius 2 is 2.06 bits per heavy atom. The highest BCUT2D eigenvalue weighted by Crippen LogP contribution is 2.34. The standard InChI is InChI=1S/C15H19ClN2/c1-15(2)6-3-8-18(9-7-15)14-5-4-12(11-17)10-13(14)16/h4-5,10H,3,6-9H2,1-2H3. The largest absolute Gasteiger partial charge is 0.370 e. The van der Waals surface area contributed by atoms with E-state index in [1.54, 1.807) is 6.07 Å². The zero-order valence-electron chi connectivity index (χ0n) is 11.0. The van der Waals surface area contributed by atoms with Crippen LogP contribution in [-0.4, -0.2) is 13.1 Å². The van der Waals surface area contributed by atoms with Crippen molar-refractivity contribution in [3.63, 3.8) is 0 Å². The molecule has 0 aliphatic carbocycles. The van der Waals surface area contributed by atoms with Crippen LogP contribution < -0.4 is 4.90 Å². The molecule has 1 aromatic carbocycles. The SMILES string of the molecule is CC1(C)CCCN(c2ccc(C#N)cc2Cl)CC1. The van der Waals surface area contributed by atoms with Gasteiger partial charge in [-0.1, -0.05) is 25.4 Å². The van der Waals surface area contributed by atoms with Crippen molar-refractivity contribution in [3.05, 3.63) is 28.8 Å². The highest BCUT2D eigenvalue weighted by molar-refractivity contribution is 6.33. The van der Waals surface area contributed by atoms with Gasteiger partial charge in [0.1, 0.15) is 0 Å². The molecule has 0 saturated carbocycles. The Balaban J connectivity index is 2.19. The molecule has 0 bridgehead atoms. The minimum absolute atomic E-state index is 0.424. The molecular formula is C15H19ClN2. The third-order valence-electron chi connectivity index (χ3n) is 3.76. The molecule has 1 fully saturated rings. The predicted molar refractivity (Wildman–Crippen MR) is 76.0 cm³/mol. The fourth-order valence-corrected chi connectivity index (χ4v) is 2.80. The molecule has 2 nitrogen and oxygen atoms in total. The second-order valence-corrected chi connectivity index (χ2v) is 6.19. The van der Waals surface area contributed by atoms with Gasteiger partial charge in [-0.05, 0) is 42.9 Å². The highest BCUT2D eigenvalue weighted by Gasteiger charge is 2.23. The first-order chi connectivity index (χ1) is 8.52. The van der Waals surface area contributed by atoms with Crippen molar-refractivity contribution in [2.75, 3.05) is 18.0 Å². The molecule has 0 atom stereocenters. The molecule has 0 amide bonds. The summed E-state index contributed by atoms with van der Waals surface area (Å²) in [6.45, 7) is 6.75.